The number of hydrogen-bond donors (Lipinski definition) is 1. The molecule has 0 atom stereocenters. The lowest BCUT2D eigenvalue weighted by molar-refractivity contribution is 0.463. The Labute approximate surface area is 100 Å². The molecule has 0 aliphatic heterocycles. The lowest BCUT2D eigenvalue weighted by Gasteiger charge is -2.18. The summed E-state index contributed by atoms with van der Waals surface area (Å²) in [5, 5.41) is 0.0417. The fourth-order valence-corrected chi connectivity index (χ4v) is 3.01. The van der Waals surface area contributed by atoms with Gasteiger partial charge >= 0.3 is 0 Å². The Morgan fingerprint density at radius 1 is 1.31 bits per heavy atom. The number of anilines is 1. The van der Waals surface area contributed by atoms with E-state index in [1.807, 2.05) is 20.8 Å². The number of hydrogen-bond acceptors (Lipinski definition) is 4. The van der Waals surface area contributed by atoms with Gasteiger partial charge in [0.15, 0.2) is 11.0 Å². The van der Waals surface area contributed by atoms with E-state index in [0.29, 0.717) is 0 Å². The molecule has 0 saturated carbocycles. The molecule has 5 nitrogen and oxygen atoms in total. The zero-order valence-corrected chi connectivity index (χ0v) is 10.9. The van der Waals surface area contributed by atoms with Gasteiger partial charge in [0, 0.05) is 12.4 Å². The first-order valence-corrected chi connectivity index (χ1v) is 6.70. The molecular formula is C9H14ClN3O2S. The quantitative estimate of drug-likeness (QED) is 0.904. The second-order valence-electron chi connectivity index (χ2n) is 4.62. The zero-order chi connectivity index (χ0) is 12.4. The summed E-state index contributed by atoms with van der Waals surface area (Å²) >= 11 is 5.70. The largest absolute Gasteiger partial charge is 0.265 e. The second-order valence-corrected chi connectivity index (χ2v) is 6.70. The van der Waals surface area contributed by atoms with E-state index in [9.17, 15) is 8.42 Å². The normalized spacial score (nSPS) is 12.5. The van der Waals surface area contributed by atoms with E-state index in [0.717, 1.165) is 0 Å². The number of halogens is 1. The van der Waals surface area contributed by atoms with E-state index in [-0.39, 0.29) is 22.1 Å². The van der Waals surface area contributed by atoms with Crippen LogP contribution in [0.15, 0.2) is 12.4 Å². The highest BCUT2D eigenvalue weighted by Crippen LogP contribution is 2.20. The first-order valence-electron chi connectivity index (χ1n) is 4.67. The van der Waals surface area contributed by atoms with Crippen molar-refractivity contribution in [2.45, 2.75) is 20.8 Å². The van der Waals surface area contributed by atoms with Crippen LogP contribution in [0.3, 0.4) is 0 Å². The van der Waals surface area contributed by atoms with Crippen LogP contribution >= 0.6 is 11.6 Å². The smallest absolute Gasteiger partial charge is 0.234 e. The number of nitrogens with one attached hydrogen (secondary N) is 1. The van der Waals surface area contributed by atoms with E-state index in [4.69, 9.17) is 11.6 Å². The third kappa shape index (κ3) is 4.32. The molecule has 1 heterocycles. The minimum Gasteiger partial charge on any atom is -0.265 e. The van der Waals surface area contributed by atoms with Gasteiger partial charge in [-0.15, -0.1) is 0 Å². The number of sulfonamides is 1. The molecule has 1 aromatic heterocycles. The topological polar surface area (TPSA) is 72.0 Å². The van der Waals surface area contributed by atoms with Gasteiger partial charge in [0.2, 0.25) is 10.0 Å². The maximum absolute atomic E-state index is 11.7. The molecule has 0 fully saturated rings. The van der Waals surface area contributed by atoms with Gasteiger partial charge < -0.3 is 0 Å². The average molecular weight is 264 g/mol. The Kier molecular flexibility index (Phi) is 3.75. The van der Waals surface area contributed by atoms with Crippen LogP contribution in [-0.4, -0.2) is 24.1 Å². The molecule has 0 bridgehead atoms. The molecule has 1 N–H and O–H groups in total. The molecule has 0 unspecified atom stereocenters. The fourth-order valence-electron chi connectivity index (χ4n) is 1.14. The Balaban J connectivity index is 2.86. The van der Waals surface area contributed by atoms with Crippen molar-refractivity contribution in [2.75, 3.05) is 10.5 Å². The number of rotatable bonds is 3. The van der Waals surface area contributed by atoms with Crippen molar-refractivity contribution in [2.24, 2.45) is 5.41 Å². The van der Waals surface area contributed by atoms with E-state index < -0.39 is 10.0 Å². The van der Waals surface area contributed by atoms with Crippen molar-refractivity contribution >= 4 is 27.4 Å². The van der Waals surface area contributed by atoms with Gasteiger partial charge in [-0.1, -0.05) is 32.4 Å². The summed E-state index contributed by atoms with van der Waals surface area (Å²) in [6, 6.07) is 0. The molecule has 7 heteroatoms. The van der Waals surface area contributed by atoms with Gasteiger partial charge in [-0.3, -0.25) is 4.72 Å². The van der Waals surface area contributed by atoms with Crippen LogP contribution in [0.1, 0.15) is 20.8 Å². The standard InChI is InChI=1S/C9H14ClN3O2S/c1-9(2,3)6-16(14,15)13-8-7(10)11-4-5-12-8/h4-5H,6H2,1-3H3,(H,12,13). The van der Waals surface area contributed by atoms with E-state index >= 15 is 0 Å². The van der Waals surface area contributed by atoms with Gasteiger partial charge in [-0.25, -0.2) is 18.4 Å². The maximum atomic E-state index is 11.7. The molecule has 0 radical (unpaired) electrons. The number of aromatic nitrogens is 2. The molecule has 0 aliphatic rings. The van der Waals surface area contributed by atoms with Gasteiger partial charge in [0.1, 0.15) is 0 Å². The molecule has 0 aliphatic carbocycles. The van der Waals surface area contributed by atoms with Crippen LogP contribution in [0.2, 0.25) is 5.15 Å². The zero-order valence-electron chi connectivity index (χ0n) is 9.36. The van der Waals surface area contributed by atoms with Gasteiger partial charge in [-0.05, 0) is 5.41 Å². The number of nitrogens with zero attached hydrogens (tertiary/aromatic N) is 2. The Hall–Kier alpha value is -0.880. The summed E-state index contributed by atoms with van der Waals surface area (Å²) in [6.07, 6.45) is 2.77. The van der Waals surface area contributed by atoms with E-state index in [1.165, 1.54) is 12.4 Å². The van der Waals surface area contributed by atoms with Crippen molar-refractivity contribution in [1.29, 1.82) is 0 Å². The van der Waals surface area contributed by atoms with Crippen LogP contribution < -0.4 is 4.72 Å². The summed E-state index contributed by atoms with van der Waals surface area (Å²) in [5.41, 5.74) is -0.333. The lowest BCUT2D eigenvalue weighted by atomic mass is 10.0. The Morgan fingerprint density at radius 3 is 2.38 bits per heavy atom. The van der Waals surface area contributed by atoms with Crippen molar-refractivity contribution in [3.05, 3.63) is 17.5 Å². The fraction of sp³-hybridized carbons (Fsp3) is 0.556. The third-order valence-electron chi connectivity index (χ3n) is 1.53. The van der Waals surface area contributed by atoms with Crippen molar-refractivity contribution in [3.8, 4) is 0 Å². The highest BCUT2D eigenvalue weighted by Gasteiger charge is 2.22. The predicted molar refractivity (Wildman–Crippen MR) is 63.9 cm³/mol. The molecule has 1 rings (SSSR count). The van der Waals surface area contributed by atoms with Gasteiger partial charge in [-0.2, -0.15) is 0 Å². The first kappa shape index (κ1) is 13.2. The van der Waals surface area contributed by atoms with Crippen LogP contribution in [-0.2, 0) is 10.0 Å². The lowest BCUT2D eigenvalue weighted by Crippen LogP contribution is -2.26. The summed E-state index contributed by atoms with van der Waals surface area (Å²) in [6.45, 7) is 5.51. The van der Waals surface area contributed by atoms with Crippen LogP contribution in [0.5, 0.6) is 0 Å². The van der Waals surface area contributed by atoms with Crippen LogP contribution in [0.25, 0.3) is 0 Å². The molecule has 0 aromatic carbocycles. The Morgan fingerprint density at radius 2 is 1.88 bits per heavy atom. The summed E-state index contributed by atoms with van der Waals surface area (Å²) < 4.78 is 25.8. The Bertz CT molecular complexity index is 468. The van der Waals surface area contributed by atoms with Gasteiger partial charge in [0.25, 0.3) is 0 Å². The van der Waals surface area contributed by atoms with Crippen LogP contribution in [0, 0.1) is 5.41 Å². The summed E-state index contributed by atoms with van der Waals surface area (Å²) in [7, 11) is -3.45. The highest BCUT2D eigenvalue weighted by molar-refractivity contribution is 7.92. The maximum Gasteiger partial charge on any atom is 0.234 e. The minimum atomic E-state index is -3.45. The molecule has 90 valence electrons. The molecule has 16 heavy (non-hydrogen) atoms. The van der Waals surface area contributed by atoms with E-state index in [1.54, 1.807) is 0 Å². The average Bonchev–Trinajstić information content (AvgIpc) is 2.04. The van der Waals surface area contributed by atoms with Crippen molar-refractivity contribution in [3.63, 3.8) is 0 Å². The van der Waals surface area contributed by atoms with Crippen molar-refractivity contribution < 1.29 is 8.42 Å². The SMILES string of the molecule is CC(C)(C)CS(=O)(=O)Nc1nccnc1Cl. The molecular weight excluding hydrogens is 250 g/mol. The van der Waals surface area contributed by atoms with Crippen molar-refractivity contribution in [1.82, 2.24) is 9.97 Å². The second kappa shape index (κ2) is 4.55. The monoisotopic (exact) mass is 263 g/mol. The first-order chi connectivity index (χ1) is 7.20. The predicted octanol–water partition coefficient (Wildman–Crippen LogP) is 1.92. The van der Waals surface area contributed by atoms with Crippen LogP contribution in [0.4, 0.5) is 5.82 Å². The minimum absolute atomic E-state index is 0.00704. The molecule has 0 amide bonds. The van der Waals surface area contributed by atoms with Gasteiger partial charge in [0.05, 0.1) is 5.75 Å². The summed E-state index contributed by atoms with van der Waals surface area (Å²) in [5.74, 6) is 0.0563. The highest BCUT2D eigenvalue weighted by atomic mass is 35.5. The molecule has 0 saturated heterocycles. The molecule has 0 spiro atoms. The van der Waals surface area contributed by atoms with E-state index in [2.05, 4.69) is 14.7 Å². The molecule has 1 aromatic rings. The summed E-state index contributed by atoms with van der Waals surface area (Å²) in [4.78, 5) is 7.54. The third-order valence-corrected chi connectivity index (χ3v) is 3.56.